The van der Waals surface area contributed by atoms with Gasteiger partial charge in [-0.05, 0) is 32.0 Å². The van der Waals surface area contributed by atoms with E-state index < -0.39 is 0 Å². The van der Waals surface area contributed by atoms with Gasteiger partial charge in [0.1, 0.15) is 17.0 Å². The maximum Gasteiger partial charge on any atom is 0.228 e. The average Bonchev–Trinajstić information content (AvgIpc) is 2.98. The fourth-order valence-corrected chi connectivity index (χ4v) is 3.50. The molecule has 1 aromatic carbocycles. The molecule has 3 aromatic rings. The zero-order chi connectivity index (χ0) is 16.9. The van der Waals surface area contributed by atoms with Crippen LogP contribution < -0.4 is 10.2 Å². The van der Waals surface area contributed by atoms with Crippen LogP contribution in [0.3, 0.4) is 0 Å². The van der Waals surface area contributed by atoms with E-state index in [9.17, 15) is 4.79 Å². The number of nitrogens with zero attached hydrogens (tertiary/aromatic N) is 3. The minimum absolute atomic E-state index is 0.1000. The summed E-state index contributed by atoms with van der Waals surface area (Å²) in [5.74, 6) is 0.892. The largest absolute Gasteiger partial charge is 0.369 e. The van der Waals surface area contributed by atoms with E-state index in [1.165, 1.54) is 4.88 Å². The number of benzene rings is 1. The van der Waals surface area contributed by atoms with Gasteiger partial charge in [0, 0.05) is 30.1 Å². The number of rotatable bonds is 6. The number of anilines is 2. The summed E-state index contributed by atoms with van der Waals surface area (Å²) in [5, 5.41) is 4.29. The summed E-state index contributed by atoms with van der Waals surface area (Å²) in [4.78, 5) is 25.0. The lowest BCUT2D eigenvalue weighted by molar-refractivity contribution is -0.118. The van der Waals surface area contributed by atoms with E-state index in [1.54, 1.807) is 22.6 Å². The number of nitrogens with one attached hydrogen (secondary N) is 1. The van der Waals surface area contributed by atoms with Gasteiger partial charge in [-0.2, -0.15) is 0 Å². The Balaban J connectivity index is 1.64. The zero-order valence-corrected chi connectivity index (χ0v) is 14.6. The van der Waals surface area contributed by atoms with Gasteiger partial charge in [0.25, 0.3) is 0 Å². The number of aromatic nitrogens is 2. The van der Waals surface area contributed by atoms with E-state index >= 15 is 0 Å². The molecule has 0 aliphatic heterocycles. The SMILES string of the molecule is CCN(C(=O)CCNc1ncnc2sc(C)cc12)c1ccccc1. The Labute approximate surface area is 145 Å². The molecule has 0 fully saturated rings. The summed E-state index contributed by atoms with van der Waals surface area (Å²) in [5.41, 5.74) is 0.933. The second kappa shape index (κ2) is 7.40. The molecule has 5 nitrogen and oxygen atoms in total. The van der Waals surface area contributed by atoms with Crippen molar-refractivity contribution in [3.63, 3.8) is 0 Å². The van der Waals surface area contributed by atoms with Crippen LogP contribution in [0.2, 0.25) is 0 Å². The first kappa shape index (κ1) is 16.4. The van der Waals surface area contributed by atoms with Gasteiger partial charge in [0.2, 0.25) is 5.91 Å². The Hall–Kier alpha value is -2.47. The highest BCUT2D eigenvalue weighted by atomic mass is 32.1. The topological polar surface area (TPSA) is 58.1 Å². The second-order valence-electron chi connectivity index (χ2n) is 5.45. The van der Waals surface area contributed by atoms with E-state index in [1.807, 2.05) is 37.3 Å². The predicted molar refractivity (Wildman–Crippen MR) is 99.7 cm³/mol. The molecule has 2 heterocycles. The highest BCUT2D eigenvalue weighted by Crippen LogP contribution is 2.27. The highest BCUT2D eigenvalue weighted by molar-refractivity contribution is 7.18. The summed E-state index contributed by atoms with van der Waals surface area (Å²) in [6.45, 7) is 5.24. The molecule has 0 aliphatic rings. The Morgan fingerprint density at radius 1 is 1.25 bits per heavy atom. The quantitative estimate of drug-likeness (QED) is 0.740. The van der Waals surface area contributed by atoms with Crippen LogP contribution in [0.5, 0.6) is 0 Å². The molecule has 0 saturated carbocycles. The summed E-state index contributed by atoms with van der Waals surface area (Å²) in [6.07, 6.45) is 1.97. The lowest BCUT2D eigenvalue weighted by atomic mass is 10.2. The molecule has 1 N–H and O–H groups in total. The van der Waals surface area contributed by atoms with Gasteiger partial charge in [-0.25, -0.2) is 9.97 Å². The smallest absolute Gasteiger partial charge is 0.228 e. The van der Waals surface area contributed by atoms with Crippen molar-refractivity contribution >= 4 is 39.0 Å². The summed E-state index contributed by atoms with van der Waals surface area (Å²) >= 11 is 1.65. The number of aryl methyl sites for hydroxylation is 1. The molecule has 6 heteroatoms. The van der Waals surface area contributed by atoms with E-state index in [0.29, 0.717) is 19.5 Å². The normalized spacial score (nSPS) is 10.8. The molecule has 3 rings (SSSR count). The molecule has 2 aromatic heterocycles. The number of thiophene rings is 1. The average molecular weight is 340 g/mol. The molecule has 0 saturated heterocycles. The molecule has 124 valence electrons. The van der Waals surface area contributed by atoms with Crippen molar-refractivity contribution in [1.82, 2.24) is 9.97 Å². The second-order valence-corrected chi connectivity index (χ2v) is 6.68. The van der Waals surface area contributed by atoms with Crippen LogP contribution in [0, 0.1) is 6.92 Å². The molecule has 0 unspecified atom stereocenters. The first-order valence-electron chi connectivity index (χ1n) is 7.99. The number of amides is 1. The van der Waals surface area contributed by atoms with Gasteiger partial charge in [0.15, 0.2) is 0 Å². The molecular formula is C18H20N4OS. The standard InChI is InChI=1S/C18H20N4OS/c1-3-22(14-7-5-4-6-8-14)16(23)9-10-19-17-15-11-13(2)24-18(15)21-12-20-17/h4-8,11-12H,3,9-10H2,1-2H3,(H,19,20,21). The summed E-state index contributed by atoms with van der Waals surface area (Å²) in [6, 6.07) is 11.8. The van der Waals surface area contributed by atoms with Crippen molar-refractivity contribution in [1.29, 1.82) is 0 Å². The number of hydrogen-bond acceptors (Lipinski definition) is 5. The number of carbonyl (C=O) groups is 1. The van der Waals surface area contributed by atoms with Crippen LogP contribution in [0.1, 0.15) is 18.2 Å². The predicted octanol–water partition coefficient (Wildman–Crippen LogP) is 3.85. The van der Waals surface area contributed by atoms with Crippen molar-refractivity contribution < 1.29 is 4.79 Å². The molecule has 0 spiro atoms. The first-order chi connectivity index (χ1) is 11.7. The van der Waals surface area contributed by atoms with Gasteiger partial charge in [0.05, 0.1) is 5.39 Å². The van der Waals surface area contributed by atoms with Crippen molar-refractivity contribution in [2.45, 2.75) is 20.3 Å². The molecule has 0 radical (unpaired) electrons. The highest BCUT2D eigenvalue weighted by Gasteiger charge is 2.13. The number of hydrogen-bond donors (Lipinski definition) is 1. The number of fused-ring (bicyclic) bond motifs is 1. The first-order valence-corrected chi connectivity index (χ1v) is 8.81. The van der Waals surface area contributed by atoms with Gasteiger partial charge in [-0.3, -0.25) is 4.79 Å². The summed E-state index contributed by atoms with van der Waals surface area (Å²) in [7, 11) is 0. The van der Waals surface area contributed by atoms with Crippen LogP contribution in [0.4, 0.5) is 11.5 Å². The van der Waals surface area contributed by atoms with Crippen LogP contribution in [-0.4, -0.2) is 29.0 Å². The molecule has 0 aliphatic carbocycles. The molecule has 1 amide bonds. The number of para-hydroxylation sites is 1. The van der Waals surface area contributed by atoms with Crippen LogP contribution in [-0.2, 0) is 4.79 Å². The Morgan fingerprint density at radius 3 is 2.79 bits per heavy atom. The zero-order valence-electron chi connectivity index (χ0n) is 13.8. The van der Waals surface area contributed by atoms with Gasteiger partial charge in [-0.1, -0.05) is 18.2 Å². The Morgan fingerprint density at radius 2 is 2.04 bits per heavy atom. The van der Waals surface area contributed by atoms with Crippen molar-refractivity contribution in [2.75, 3.05) is 23.3 Å². The van der Waals surface area contributed by atoms with E-state index in [2.05, 4.69) is 28.3 Å². The fraction of sp³-hybridized carbons (Fsp3) is 0.278. The van der Waals surface area contributed by atoms with Crippen molar-refractivity contribution in [2.24, 2.45) is 0 Å². The van der Waals surface area contributed by atoms with Crippen molar-refractivity contribution in [3.8, 4) is 0 Å². The third-order valence-electron chi connectivity index (χ3n) is 3.77. The van der Waals surface area contributed by atoms with E-state index in [4.69, 9.17) is 0 Å². The fourth-order valence-electron chi connectivity index (χ4n) is 2.65. The lowest BCUT2D eigenvalue weighted by Crippen LogP contribution is -2.31. The third kappa shape index (κ3) is 3.54. The molecule has 0 atom stereocenters. The minimum atomic E-state index is 0.1000. The third-order valence-corrected chi connectivity index (χ3v) is 4.73. The minimum Gasteiger partial charge on any atom is -0.369 e. The summed E-state index contributed by atoms with van der Waals surface area (Å²) < 4.78 is 0. The Kier molecular flexibility index (Phi) is 5.05. The van der Waals surface area contributed by atoms with Crippen LogP contribution >= 0.6 is 11.3 Å². The molecular weight excluding hydrogens is 320 g/mol. The van der Waals surface area contributed by atoms with Crippen LogP contribution in [0.15, 0.2) is 42.7 Å². The van der Waals surface area contributed by atoms with Crippen LogP contribution in [0.25, 0.3) is 10.2 Å². The number of carbonyl (C=O) groups excluding carboxylic acids is 1. The van der Waals surface area contributed by atoms with Gasteiger partial charge < -0.3 is 10.2 Å². The monoisotopic (exact) mass is 340 g/mol. The molecule has 24 heavy (non-hydrogen) atoms. The molecule has 0 bridgehead atoms. The van der Waals surface area contributed by atoms with E-state index in [-0.39, 0.29) is 5.91 Å². The van der Waals surface area contributed by atoms with Crippen molar-refractivity contribution in [3.05, 3.63) is 47.6 Å². The lowest BCUT2D eigenvalue weighted by Gasteiger charge is -2.21. The maximum atomic E-state index is 12.5. The maximum absolute atomic E-state index is 12.5. The van der Waals surface area contributed by atoms with Gasteiger partial charge >= 0.3 is 0 Å². The Bertz CT molecular complexity index is 831. The van der Waals surface area contributed by atoms with E-state index in [0.717, 1.165) is 21.7 Å². The van der Waals surface area contributed by atoms with Gasteiger partial charge in [-0.15, -0.1) is 11.3 Å².